The second-order valence-electron chi connectivity index (χ2n) is 7.95. The topological polar surface area (TPSA) is 65.1 Å². The Morgan fingerprint density at radius 1 is 1.23 bits per heavy atom. The molecule has 0 spiro atoms. The second-order valence-corrected chi connectivity index (χ2v) is 7.95. The summed E-state index contributed by atoms with van der Waals surface area (Å²) < 4.78 is 16.5. The first kappa shape index (κ1) is 20.2. The van der Waals surface area contributed by atoms with Crippen LogP contribution in [0.5, 0.6) is 0 Å². The summed E-state index contributed by atoms with van der Waals surface area (Å²) in [6.07, 6.45) is 0.259. The van der Waals surface area contributed by atoms with Crippen molar-refractivity contribution in [1.82, 2.24) is 4.90 Å². The average molecular weight is 363 g/mol. The van der Waals surface area contributed by atoms with Crippen molar-refractivity contribution < 1.29 is 23.8 Å². The third-order valence-corrected chi connectivity index (χ3v) is 4.09. The molecular formula is C20H29NO5. The summed E-state index contributed by atoms with van der Waals surface area (Å²) in [6.45, 7) is 9.75. The van der Waals surface area contributed by atoms with Crippen LogP contribution in [0.1, 0.15) is 53.0 Å². The molecule has 1 heterocycles. The maximum Gasteiger partial charge on any atom is 0.412 e. The summed E-state index contributed by atoms with van der Waals surface area (Å²) in [5.41, 5.74) is -0.405. The van der Waals surface area contributed by atoms with Crippen LogP contribution in [-0.4, -0.2) is 40.9 Å². The van der Waals surface area contributed by atoms with Gasteiger partial charge in [-0.2, -0.15) is 0 Å². The molecule has 26 heavy (non-hydrogen) atoms. The first-order valence-electron chi connectivity index (χ1n) is 8.94. The van der Waals surface area contributed by atoms with Crippen molar-refractivity contribution in [2.75, 3.05) is 6.61 Å². The van der Waals surface area contributed by atoms with Crippen LogP contribution in [0.3, 0.4) is 0 Å². The van der Waals surface area contributed by atoms with Crippen molar-refractivity contribution in [3.63, 3.8) is 0 Å². The van der Waals surface area contributed by atoms with Gasteiger partial charge in [-0.15, -0.1) is 0 Å². The zero-order valence-corrected chi connectivity index (χ0v) is 16.3. The van der Waals surface area contributed by atoms with Gasteiger partial charge >= 0.3 is 12.1 Å². The maximum atomic E-state index is 12.5. The first-order chi connectivity index (χ1) is 12.1. The highest BCUT2D eigenvalue weighted by Crippen LogP contribution is 2.31. The number of hydrogen-bond acceptors (Lipinski definition) is 5. The van der Waals surface area contributed by atoms with Crippen LogP contribution in [0.4, 0.5) is 4.79 Å². The van der Waals surface area contributed by atoms with Gasteiger partial charge in [0, 0.05) is 6.42 Å². The smallest absolute Gasteiger partial charge is 0.412 e. The fourth-order valence-electron chi connectivity index (χ4n) is 2.87. The monoisotopic (exact) mass is 363 g/mol. The molecule has 0 N–H and O–H groups in total. The summed E-state index contributed by atoms with van der Waals surface area (Å²) in [4.78, 5) is 26.2. The Balaban J connectivity index is 1.88. The van der Waals surface area contributed by atoms with E-state index in [1.54, 1.807) is 4.90 Å². The highest BCUT2D eigenvalue weighted by Gasteiger charge is 2.45. The molecular weight excluding hydrogens is 334 g/mol. The van der Waals surface area contributed by atoms with Gasteiger partial charge in [-0.05, 0) is 46.6 Å². The number of amides is 1. The Kier molecular flexibility index (Phi) is 6.29. The van der Waals surface area contributed by atoms with Crippen molar-refractivity contribution >= 4 is 12.1 Å². The average Bonchev–Trinajstić information content (AvgIpc) is 2.85. The molecule has 0 bridgehead atoms. The summed E-state index contributed by atoms with van der Waals surface area (Å²) >= 11 is 0. The number of nitrogens with zero attached hydrogens (tertiary/aromatic N) is 1. The summed E-state index contributed by atoms with van der Waals surface area (Å²) in [5.74, 6) is -0.289. The minimum atomic E-state index is -0.763. The van der Waals surface area contributed by atoms with E-state index in [1.807, 2.05) is 65.0 Å². The van der Waals surface area contributed by atoms with Crippen LogP contribution >= 0.6 is 0 Å². The minimum Gasteiger partial charge on any atom is -0.461 e. The molecule has 1 atom stereocenters. The molecule has 0 saturated carbocycles. The molecule has 6 nitrogen and oxygen atoms in total. The van der Waals surface area contributed by atoms with E-state index in [-0.39, 0.29) is 25.0 Å². The predicted molar refractivity (Wildman–Crippen MR) is 97.4 cm³/mol. The lowest BCUT2D eigenvalue weighted by Gasteiger charge is -2.35. The van der Waals surface area contributed by atoms with E-state index in [0.717, 1.165) is 5.56 Å². The first-order valence-corrected chi connectivity index (χ1v) is 8.94. The highest BCUT2D eigenvalue weighted by molar-refractivity contribution is 5.71. The van der Waals surface area contributed by atoms with E-state index in [9.17, 15) is 9.59 Å². The van der Waals surface area contributed by atoms with Crippen LogP contribution in [0, 0.1) is 0 Å². The third kappa shape index (κ3) is 5.73. The van der Waals surface area contributed by atoms with Crippen LogP contribution in [0.15, 0.2) is 30.3 Å². The molecule has 1 aromatic rings. The van der Waals surface area contributed by atoms with Gasteiger partial charge in [-0.3, -0.25) is 9.69 Å². The molecule has 0 aliphatic carbocycles. The van der Waals surface area contributed by atoms with Crippen molar-refractivity contribution in [3.8, 4) is 0 Å². The lowest BCUT2D eigenvalue weighted by molar-refractivity contribution is -0.145. The molecule has 144 valence electrons. The standard InChI is InChI=1S/C20H29NO5/c1-19(2,3)26-18(23)21-16(14-25-20(21,4)5)11-12-17(22)24-13-15-9-7-6-8-10-15/h6-10,16H,11-14H2,1-5H3/t16-/m0/s1. The molecule has 1 amide bonds. The highest BCUT2D eigenvalue weighted by atomic mass is 16.6. The van der Waals surface area contributed by atoms with Gasteiger partial charge in [0.15, 0.2) is 0 Å². The van der Waals surface area contributed by atoms with Gasteiger partial charge < -0.3 is 14.2 Å². The lowest BCUT2D eigenvalue weighted by Crippen LogP contribution is -2.49. The van der Waals surface area contributed by atoms with Crippen molar-refractivity contribution in [2.45, 2.75) is 71.4 Å². The maximum absolute atomic E-state index is 12.5. The van der Waals surface area contributed by atoms with E-state index in [1.165, 1.54) is 0 Å². The zero-order valence-electron chi connectivity index (χ0n) is 16.3. The van der Waals surface area contributed by atoms with E-state index in [0.29, 0.717) is 13.0 Å². The summed E-state index contributed by atoms with van der Waals surface area (Å²) in [7, 11) is 0. The Morgan fingerprint density at radius 3 is 2.50 bits per heavy atom. The van der Waals surface area contributed by atoms with E-state index in [4.69, 9.17) is 14.2 Å². The molecule has 1 aliphatic rings. The fourth-order valence-corrected chi connectivity index (χ4v) is 2.87. The molecule has 0 aromatic heterocycles. The van der Waals surface area contributed by atoms with E-state index in [2.05, 4.69) is 0 Å². The molecule has 0 radical (unpaired) electrons. The molecule has 2 rings (SSSR count). The number of benzene rings is 1. The molecule has 1 aliphatic heterocycles. The van der Waals surface area contributed by atoms with Crippen molar-refractivity contribution in [3.05, 3.63) is 35.9 Å². The Hall–Kier alpha value is -2.08. The zero-order chi connectivity index (χ0) is 19.4. The number of carbonyl (C=O) groups excluding carboxylic acids is 2. The van der Waals surface area contributed by atoms with Gasteiger partial charge in [0.25, 0.3) is 0 Å². The molecule has 1 saturated heterocycles. The Bertz CT molecular complexity index is 621. The van der Waals surface area contributed by atoms with Crippen LogP contribution in [-0.2, 0) is 25.6 Å². The summed E-state index contributed by atoms with van der Waals surface area (Å²) in [6, 6.07) is 9.32. The summed E-state index contributed by atoms with van der Waals surface area (Å²) in [5, 5.41) is 0. The van der Waals surface area contributed by atoms with Crippen LogP contribution in [0.2, 0.25) is 0 Å². The quantitative estimate of drug-likeness (QED) is 0.743. The van der Waals surface area contributed by atoms with E-state index >= 15 is 0 Å². The van der Waals surface area contributed by atoms with Crippen LogP contribution < -0.4 is 0 Å². The molecule has 1 aromatic carbocycles. The molecule has 6 heteroatoms. The largest absolute Gasteiger partial charge is 0.461 e. The van der Waals surface area contributed by atoms with Gasteiger partial charge in [0.1, 0.15) is 17.9 Å². The van der Waals surface area contributed by atoms with Crippen molar-refractivity contribution in [1.29, 1.82) is 0 Å². The Labute approximate surface area is 155 Å². The van der Waals surface area contributed by atoms with Crippen LogP contribution in [0.25, 0.3) is 0 Å². The molecule has 0 unspecified atom stereocenters. The lowest BCUT2D eigenvalue weighted by atomic mass is 10.1. The number of rotatable bonds is 5. The number of ether oxygens (including phenoxy) is 3. The fraction of sp³-hybridized carbons (Fsp3) is 0.600. The number of esters is 1. The normalized spacial score (nSPS) is 19.3. The SMILES string of the molecule is CC(C)(C)OC(=O)N1[C@@H](CCC(=O)OCc2ccccc2)COC1(C)C. The number of hydrogen-bond donors (Lipinski definition) is 0. The second kappa shape index (κ2) is 8.08. The minimum absolute atomic E-state index is 0.218. The van der Waals surface area contributed by atoms with Gasteiger partial charge in [0.05, 0.1) is 12.6 Å². The third-order valence-electron chi connectivity index (χ3n) is 4.09. The van der Waals surface area contributed by atoms with Gasteiger partial charge in [-0.1, -0.05) is 30.3 Å². The predicted octanol–water partition coefficient (Wildman–Crippen LogP) is 3.88. The Morgan fingerprint density at radius 2 is 1.88 bits per heavy atom. The van der Waals surface area contributed by atoms with Gasteiger partial charge in [-0.25, -0.2) is 4.79 Å². The number of carbonyl (C=O) groups is 2. The van der Waals surface area contributed by atoms with Crippen molar-refractivity contribution in [2.24, 2.45) is 0 Å². The van der Waals surface area contributed by atoms with E-state index < -0.39 is 17.4 Å². The molecule has 1 fully saturated rings. The van der Waals surface area contributed by atoms with Gasteiger partial charge in [0.2, 0.25) is 0 Å².